The number of carboxylic acids is 1. The van der Waals surface area contributed by atoms with Gasteiger partial charge < -0.3 is 5.11 Å². The van der Waals surface area contributed by atoms with Gasteiger partial charge in [0.2, 0.25) is 0 Å². The molecule has 1 N–H and O–H groups in total. The van der Waals surface area contributed by atoms with Crippen molar-refractivity contribution in [1.82, 2.24) is 9.55 Å². The molecule has 3 aromatic rings. The Morgan fingerprint density at radius 2 is 2.05 bits per heavy atom. The molecule has 0 radical (unpaired) electrons. The van der Waals surface area contributed by atoms with Gasteiger partial charge in [-0.3, -0.25) is 9.36 Å². The van der Waals surface area contributed by atoms with E-state index in [-0.39, 0.29) is 16.5 Å². The monoisotopic (exact) mass is 300 g/mol. The molecule has 0 saturated heterocycles. The van der Waals surface area contributed by atoms with Gasteiger partial charge in [-0.15, -0.1) is 11.3 Å². The first-order chi connectivity index (χ1) is 10.1. The maximum absolute atomic E-state index is 12.6. The minimum absolute atomic E-state index is 0.0225. The Kier molecular flexibility index (Phi) is 3.31. The lowest BCUT2D eigenvalue weighted by Crippen LogP contribution is -2.25. The lowest BCUT2D eigenvalue weighted by Gasteiger charge is -2.09. The Bertz CT molecular complexity index is 881. The number of benzene rings is 1. The summed E-state index contributed by atoms with van der Waals surface area (Å²) in [5.41, 5.74) is 0.685. The number of carbonyl (C=O) groups is 1. The number of fused-ring (bicyclic) bond motifs is 1. The van der Waals surface area contributed by atoms with Crippen molar-refractivity contribution < 1.29 is 9.90 Å². The second-order valence-corrected chi connectivity index (χ2v) is 5.53. The van der Waals surface area contributed by atoms with E-state index < -0.39 is 5.97 Å². The molecule has 0 aliphatic rings. The van der Waals surface area contributed by atoms with E-state index in [1.54, 1.807) is 6.92 Å². The zero-order valence-electron chi connectivity index (χ0n) is 11.2. The molecule has 0 fully saturated rings. The highest BCUT2D eigenvalue weighted by Gasteiger charge is 2.18. The lowest BCUT2D eigenvalue weighted by molar-refractivity contribution is 0.0699. The van der Waals surface area contributed by atoms with E-state index in [0.717, 1.165) is 5.56 Å². The molecule has 5 nitrogen and oxygen atoms in total. The zero-order chi connectivity index (χ0) is 15.0. The number of aromatic carboxylic acids is 1. The number of carboxylic acid groups (broad SMARTS) is 1. The standard InChI is InChI=1S/C15H12N2O3S/c1-9-16-13-12(11(8-21-13)15(19)20)14(18)17(9)7-10-5-3-2-4-6-10/h2-6,8H,7H2,1H3,(H,19,20). The van der Waals surface area contributed by atoms with Crippen LogP contribution >= 0.6 is 11.3 Å². The Morgan fingerprint density at radius 1 is 1.33 bits per heavy atom. The van der Waals surface area contributed by atoms with Crippen LogP contribution in [0.15, 0.2) is 40.5 Å². The highest BCUT2D eigenvalue weighted by Crippen LogP contribution is 2.21. The summed E-state index contributed by atoms with van der Waals surface area (Å²) in [6.07, 6.45) is 0. The van der Waals surface area contributed by atoms with Crippen molar-refractivity contribution in [1.29, 1.82) is 0 Å². The van der Waals surface area contributed by atoms with Crippen LogP contribution in [-0.2, 0) is 6.54 Å². The van der Waals surface area contributed by atoms with E-state index in [9.17, 15) is 14.7 Å². The first-order valence-corrected chi connectivity index (χ1v) is 7.21. The van der Waals surface area contributed by atoms with E-state index in [1.165, 1.54) is 21.3 Å². The first-order valence-electron chi connectivity index (χ1n) is 6.34. The van der Waals surface area contributed by atoms with Crippen LogP contribution in [0, 0.1) is 6.92 Å². The number of rotatable bonds is 3. The molecule has 0 saturated carbocycles. The third-order valence-corrected chi connectivity index (χ3v) is 4.17. The molecule has 0 spiro atoms. The fourth-order valence-electron chi connectivity index (χ4n) is 2.24. The normalized spacial score (nSPS) is 10.9. The van der Waals surface area contributed by atoms with Gasteiger partial charge in [0.15, 0.2) is 0 Å². The average molecular weight is 300 g/mol. The SMILES string of the molecule is Cc1nc2scc(C(=O)O)c2c(=O)n1Cc1ccccc1. The summed E-state index contributed by atoms with van der Waals surface area (Å²) in [7, 11) is 0. The number of hydrogen-bond acceptors (Lipinski definition) is 4. The van der Waals surface area contributed by atoms with Crippen molar-refractivity contribution in [3.63, 3.8) is 0 Å². The van der Waals surface area contributed by atoms with E-state index >= 15 is 0 Å². The maximum atomic E-state index is 12.6. The Labute approximate surface area is 124 Å². The fourth-order valence-corrected chi connectivity index (χ4v) is 3.18. The van der Waals surface area contributed by atoms with Gasteiger partial charge in [0.05, 0.1) is 17.5 Å². The summed E-state index contributed by atoms with van der Waals surface area (Å²) in [5.74, 6) is -0.523. The summed E-state index contributed by atoms with van der Waals surface area (Å²) < 4.78 is 1.51. The summed E-state index contributed by atoms with van der Waals surface area (Å²) in [5, 5.41) is 10.8. The van der Waals surface area contributed by atoms with Gasteiger partial charge in [-0.1, -0.05) is 30.3 Å². The van der Waals surface area contributed by atoms with Crippen LogP contribution in [0.2, 0.25) is 0 Å². The van der Waals surface area contributed by atoms with Gasteiger partial charge in [0.1, 0.15) is 10.7 Å². The van der Waals surface area contributed by atoms with Crippen molar-refractivity contribution in [2.45, 2.75) is 13.5 Å². The number of aryl methyl sites for hydroxylation is 1. The Hall–Kier alpha value is -2.47. The Balaban J connectivity index is 2.21. The third kappa shape index (κ3) is 2.34. The molecule has 0 atom stereocenters. The van der Waals surface area contributed by atoms with Crippen molar-refractivity contribution in [3.8, 4) is 0 Å². The molecule has 21 heavy (non-hydrogen) atoms. The van der Waals surface area contributed by atoms with Gasteiger partial charge in [0, 0.05) is 5.38 Å². The predicted octanol–water partition coefficient (Wildman–Crippen LogP) is 2.51. The molecule has 2 heterocycles. The topological polar surface area (TPSA) is 72.2 Å². The van der Waals surface area contributed by atoms with Gasteiger partial charge in [0.25, 0.3) is 5.56 Å². The lowest BCUT2D eigenvalue weighted by atomic mass is 10.2. The van der Waals surface area contributed by atoms with Crippen LogP contribution in [0.25, 0.3) is 10.2 Å². The van der Waals surface area contributed by atoms with Crippen LogP contribution in [0.1, 0.15) is 21.7 Å². The van der Waals surface area contributed by atoms with Crippen molar-refractivity contribution in [2.75, 3.05) is 0 Å². The van der Waals surface area contributed by atoms with Crippen LogP contribution in [-0.4, -0.2) is 20.6 Å². The van der Waals surface area contributed by atoms with E-state index in [0.29, 0.717) is 17.2 Å². The third-order valence-electron chi connectivity index (χ3n) is 3.30. The maximum Gasteiger partial charge on any atom is 0.337 e. The Morgan fingerprint density at radius 3 is 2.71 bits per heavy atom. The van der Waals surface area contributed by atoms with Crippen LogP contribution in [0.5, 0.6) is 0 Å². The van der Waals surface area contributed by atoms with Crippen LogP contribution in [0.3, 0.4) is 0 Å². The molecule has 0 unspecified atom stereocenters. The molecular formula is C15H12N2O3S. The highest BCUT2D eigenvalue weighted by molar-refractivity contribution is 7.17. The summed E-state index contributed by atoms with van der Waals surface area (Å²) in [4.78, 5) is 28.6. The van der Waals surface area contributed by atoms with E-state index in [2.05, 4.69) is 4.98 Å². The molecule has 3 rings (SSSR count). The molecule has 6 heteroatoms. The first kappa shape index (κ1) is 13.5. The zero-order valence-corrected chi connectivity index (χ0v) is 12.1. The number of aromatic nitrogens is 2. The van der Waals surface area contributed by atoms with Gasteiger partial charge in [-0.05, 0) is 12.5 Å². The number of thiophene rings is 1. The molecule has 1 aromatic carbocycles. The molecule has 0 bridgehead atoms. The second kappa shape index (κ2) is 5.14. The number of nitrogens with zero attached hydrogens (tertiary/aromatic N) is 2. The van der Waals surface area contributed by atoms with Crippen molar-refractivity contribution >= 4 is 27.5 Å². The van der Waals surface area contributed by atoms with Gasteiger partial charge in [-0.25, -0.2) is 9.78 Å². The van der Waals surface area contributed by atoms with Crippen molar-refractivity contribution in [3.05, 3.63) is 63.0 Å². The summed E-state index contributed by atoms with van der Waals surface area (Å²) in [6.45, 7) is 2.13. The van der Waals surface area contributed by atoms with Gasteiger partial charge in [-0.2, -0.15) is 0 Å². The van der Waals surface area contributed by atoms with Crippen LogP contribution in [0.4, 0.5) is 0 Å². The molecule has 0 aliphatic heterocycles. The summed E-state index contributed by atoms with van der Waals surface area (Å²) in [6, 6.07) is 9.54. The minimum Gasteiger partial charge on any atom is -0.478 e. The minimum atomic E-state index is -1.10. The molecule has 106 valence electrons. The quantitative estimate of drug-likeness (QED) is 0.806. The fraction of sp³-hybridized carbons (Fsp3) is 0.133. The predicted molar refractivity (Wildman–Crippen MR) is 81.1 cm³/mol. The number of hydrogen-bond donors (Lipinski definition) is 1. The molecule has 0 amide bonds. The summed E-state index contributed by atoms with van der Waals surface area (Å²) >= 11 is 1.18. The second-order valence-electron chi connectivity index (χ2n) is 4.67. The molecular weight excluding hydrogens is 288 g/mol. The van der Waals surface area contributed by atoms with Crippen LogP contribution < -0.4 is 5.56 Å². The highest BCUT2D eigenvalue weighted by atomic mass is 32.1. The van der Waals surface area contributed by atoms with E-state index in [1.807, 2.05) is 30.3 Å². The van der Waals surface area contributed by atoms with Crippen molar-refractivity contribution in [2.24, 2.45) is 0 Å². The molecule has 0 aliphatic carbocycles. The smallest absolute Gasteiger partial charge is 0.337 e. The largest absolute Gasteiger partial charge is 0.478 e. The molecule has 2 aromatic heterocycles. The van der Waals surface area contributed by atoms with Gasteiger partial charge >= 0.3 is 5.97 Å². The van der Waals surface area contributed by atoms with E-state index in [4.69, 9.17) is 0 Å². The average Bonchev–Trinajstić information content (AvgIpc) is 2.88.